The van der Waals surface area contributed by atoms with Gasteiger partial charge in [-0.1, -0.05) is 41.4 Å². The summed E-state index contributed by atoms with van der Waals surface area (Å²) in [5.41, 5.74) is 4.53. The molecule has 1 unspecified atom stereocenters. The number of carbonyl (C=O) groups is 2. The maximum Gasteiger partial charge on any atom is 0.311 e. The van der Waals surface area contributed by atoms with Crippen LogP contribution in [0.3, 0.4) is 0 Å². The standard InChI is InChI=1S/C29H23ClN2O5/c1-17-2-4-18(5-3-17)25-11-8-20(31-32-25)14-26(33)19-6-9-21(10-7-19)37-28-16-27-23(15-24(28)30)22(29(34)35)12-13-36-27/h2-11,15-16,22H,12-14H2,1H3,(H,34,35). The Hall–Kier alpha value is -4.23. The normalized spacial score (nSPS) is 14.4. The molecule has 2 heterocycles. The number of aromatic nitrogens is 2. The van der Waals surface area contributed by atoms with E-state index in [2.05, 4.69) is 10.2 Å². The van der Waals surface area contributed by atoms with E-state index in [4.69, 9.17) is 21.1 Å². The summed E-state index contributed by atoms with van der Waals surface area (Å²) in [7, 11) is 0. The summed E-state index contributed by atoms with van der Waals surface area (Å²) >= 11 is 6.37. The minimum atomic E-state index is -0.914. The topological polar surface area (TPSA) is 98.6 Å². The zero-order valence-corrected chi connectivity index (χ0v) is 20.7. The van der Waals surface area contributed by atoms with E-state index in [1.807, 2.05) is 43.3 Å². The van der Waals surface area contributed by atoms with E-state index >= 15 is 0 Å². The minimum absolute atomic E-state index is 0.0936. The lowest BCUT2D eigenvalue weighted by atomic mass is 9.93. The maximum atomic E-state index is 12.8. The summed E-state index contributed by atoms with van der Waals surface area (Å²) in [4.78, 5) is 24.3. The van der Waals surface area contributed by atoms with E-state index in [0.29, 0.717) is 47.1 Å². The van der Waals surface area contributed by atoms with Gasteiger partial charge in [-0.2, -0.15) is 10.2 Å². The molecule has 0 bridgehead atoms. The van der Waals surface area contributed by atoms with Gasteiger partial charge in [0.15, 0.2) is 5.78 Å². The number of carboxylic acids is 1. The summed E-state index contributed by atoms with van der Waals surface area (Å²) in [5.74, 6) is -0.407. The van der Waals surface area contributed by atoms with Crippen LogP contribution in [0.15, 0.2) is 72.8 Å². The number of rotatable bonds is 7. The Bertz CT molecular complexity index is 1450. The second-order valence-electron chi connectivity index (χ2n) is 8.85. The third kappa shape index (κ3) is 5.47. The van der Waals surface area contributed by atoms with Crippen LogP contribution in [-0.2, 0) is 11.2 Å². The van der Waals surface area contributed by atoms with Crippen LogP contribution >= 0.6 is 11.6 Å². The third-order valence-electron chi connectivity index (χ3n) is 6.21. The summed E-state index contributed by atoms with van der Waals surface area (Å²) in [6.45, 7) is 2.33. The first kappa shape index (κ1) is 24.5. The minimum Gasteiger partial charge on any atom is -0.493 e. The fourth-order valence-electron chi connectivity index (χ4n) is 4.16. The molecule has 186 valence electrons. The van der Waals surface area contributed by atoms with Crippen molar-refractivity contribution >= 4 is 23.4 Å². The van der Waals surface area contributed by atoms with Crippen molar-refractivity contribution in [2.75, 3.05) is 6.61 Å². The number of Topliss-reactive ketones (excluding diaryl/α,β-unsaturated/α-hetero) is 1. The van der Waals surface area contributed by atoms with E-state index < -0.39 is 11.9 Å². The van der Waals surface area contributed by atoms with Crippen molar-refractivity contribution in [2.45, 2.75) is 25.7 Å². The molecule has 1 aliphatic heterocycles. The van der Waals surface area contributed by atoms with Gasteiger partial charge in [-0.05, 0) is 55.8 Å². The number of aliphatic carboxylic acids is 1. The Morgan fingerprint density at radius 1 is 1.03 bits per heavy atom. The van der Waals surface area contributed by atoms with Crippen LogP contribution in [0.2, 0.25) is 5.02 Å². The van der Waals surface area contributed by atoms with Gasteiger partial charge in [0.1, 0.15) is 17.2 Å². The molecule has 0 spiro atoms. The molecule has 3 aromatic carbocycles. The maximum absolute atomic E-state index is 12.8. The van der Waals surface area contributed by atoms with Crippen molar-refractivity contribution in [3.05, 3.63) is 100 Å². The van der Waals surface area contributed by atoms with E-state index in [-0.39, 0.29) is 17.2 Å². The zero-order valence-electron chi connectivity index (χ0n) is 20.0. The molecule has 5 rings (SSSR count). The first-order valence-electron chi connectivity index (χ1n) is 11.8. The zero-order chi connectivity index (χ0) is 25.9. The molecule has 4 aromatic rings. The molecular formula is C29H23ClN2O5. The Labute approximate surface area is 218 Å². The number of halogens is 1. The highest BCUT2D eigenvalue weighted by Crippen LogP contribution is 2.41. The number of aryl methyl sites for hydroxylation is 1. The van der Waals surface area contributed by atoms with Gasteiger partial charge in [0.2, 0.25) is 0 Å². The Kier molecular flexibility index (Phi) is 6.88. The van der Waals surface area contributed by atoms with Gasteiger partial charge < -0.3 is 14.6 Å². The lowest BCUT2D eigenvalue weighted by Gasteiger charge is -2.24. The van der Waals surface area contributed by atoms with Crippen molar-refractivity contribution in [3.8, 4) is 28.5 Å². The number of nitrogens with zero attached hydrogens (tertiary/aromatic N) is 2. The third-order valence-corrected chi connectivity index (χ3v) is 6.51. The first-order valence-corrected chi connectivity index (χ1v) is 12.1. The highest BCUT2D eigenvalue weighted by molar-refractivity contribution is 6.32. The Morgan fingerprint density at radius 3 is 2.46 bits per heavy atom. The van der Waals surface area contributed by atoms with Gasteiger partial charge >= 0.3 is 5.97 Å². The monoisotopic (exact) mass is 514 g/mol. The number of ketones is 1. The number of carboxylic acid groups (broad SMARTS) is 1. The molecular weight excluding hydrogens is 492 g/mol. The van der Waals surface area contributed by atoms with E-state index in [9.17, 15) is 14.7 Å². The largest absolute Gasteiger partial charge is 0.493 e. The molecule has 0 fully saturated rings. The summed E-state index contributed by atoms with van der Waals surface area (Å²) in [5, 5.41) is 18.2. The highest BCUT2D eigenvalue weighted by Gasteiger charge is 2.29. The number of ether oxygens (including phenoxy) is 2. The van der Waals surface area contributed by atoms with E-state index in [1.54, 1.807) is 36.4 Å². The lowest BCUT2D eigenvalue weighted by Crippen LogP contribution is -2.20. The van der Waals surface area contributed by atoms with Gasteiger partial charge in [0.25, 0.3) is 0 Å². The Balaban J connectivity index is 1.25. The molecule has 8 heteroatoms. The SMILES string of the molecule is Cc1ccc(-c2ccc(CC(=O)c3ccc(Oc4cc5c(cc4Cl)C(C(=O)O)CCO5)cc3)nn2)cc1. The van der Waals surface area contributed by atoms with Gasteiger partial charge in [-0.15, -0.1) is 0 Å². The molecule has 1 atom stereocenters. The predicted octanol–water partition coefficient (Wildman–Crippen LogP) is 6.27. The fraction of sp³-hybridized carbons (Fsp3) is 0.172. The molecule has 0 saturated carbocycles. The second-order valence-corrected chi connectivity index (χ2v) is 9.26. The van der Waals surface area contributed by atoms with E-state index in [0.717, 1.165) is 11.3 Å². The lowest BCUT2D eigenvalue weighted by molar-refractivity contribution is -0.139. The van der Waals surface area contributed by atoms with Gasteiger partial charge in [0.05, 0.1) is 35.4 Å². The van der Waals surface area contributed by atoms with Gasteiger partial charge in [0, 0.05) is 22.8 Å². The molecule has 0 saturated heterocycles. The average Bonchev–Trinajstić information content (AvgIpc) is 2.90. The average molecular weight is 515 g/mol. The van der Waals surface area contributed by atoms with Gasteiger partial charge in [-0.25, -0.2) is 0 Å². The molecule has 1 aliphatic rings. The van der Waals surface area contributed by atoms with Crippen molar-refractivity contribution in [1.29, 1.82) is 0 Å². The van der Waals surface area contributed by atoms with Crippen LogP contribution < -0.4 is 9.47 Å². The van der Waals surface area contributed by atoms with Gasteiger partial charge in [-0.3, -0.25) is 9.59 Å². The number of benzene rings is 3. The van der Waals surface area contributed by atoms with Crippen molar-refractivity contribution in [2.24, 2.45) is 0 Å². The molecule has 1 aromatic heterocycles. The molecule has 1 N–H and O–H groups in total. The fourth-order valence-corrected chi connectivity index (χ4v) is 4.37. The van der Waals surface area contributed by atoms with E-state index in [1.165, 1.54) is 5.56 Å². The first-order chi connectivity index (χ1) is 17.9. The Morgan fingerprint density at radius 2 is 1.78 bits per heavy atom. The number of carbonyl (C=O) groups excluding carboxylic acids is 1. The van der Waals surface area contributed by atoms with Crippen molar-refractivity contribution < 1.29 is 24.2 Å². The molecule has 7 nitrogen and oxygen atoms in total. The van der Waals surface area contributed by atoms with Crippen LogP contribution in [0.25, 0.3) is 11.3 Å². The van der Waals surface area contributed by atoms with Crippen molar-refractivity contribution in [3.63, 3.8) is 0 Å². The van der Waals surface area contributed by atoms with Crippen molar-refractivity contribution in [1.82, 2.24) is 10.2 Å². The molecule has 0 radical (unpaired) electrons. The van der Waals surface area contributed by atoms with Crippen LogP contribution in [0.4, 0.5) is 0 Å². The molecule has 0 amide bonds. The molecule has 0 aliphatic carbocycles. The van der Waals surface area contributed by atoms with Crippen LogP contribution in [-0.4, -0.2) is 33.7 Å². The predicted molar refractivity (Wildman–Crippen MR) is 139 cm³/mol. The second kappa shape index (κ2) is 10.4. The summed E-state index contributed by atoms with van der Waals surface area (Å²) < 4.78 is 11.5. The summed E-state index contributed by atoms with van der Waals surface area (Å²) in [6.07, 6.45) is 0.511. The highest BCUT2D eigenvalue weighted by atomic mass is 35.5. The summed E-state index contributed by atoms with van der Waals surface area (Å²) in [6, 6.07) is 21.6. The number of hydrogen-bond acceptors (Lipinski definition) is 6. The molecule has 37 heavy (non-hydrogen) atoms. The quantitative estimate of drug-likeness (QED) is 0.290. The van der Waals surface area contributed by atoms with Crippen LogP contribution in [0.5, 0.6) is 17.2 Å². The van der Waals surface area contributed by atoms with Crippen LogP contribution in [0, 0.1) is 6.92 Å². The number of hydrogen-bond donors (Lipinski definition) is 1. The number of fused-ring (bicyclic) bond motifs is 1. The van der Waals surface area contributed by atoms with Crippen LogP contribution in [0.1, 0.15) is 39.5 Å². The smallest absolute Gasteiger partial charge is 0.311 e.